The van der Waals surface area contributed by atoms with E-state index in [-0.39, 0.29) is 0 Å². The van der Waals surface area contributed by atoms with Gasteiger partial charge in [0.15, 0.2) is 0 Å². The summed E-state index contributed by atoms with van der Waals surface area (Å²) in [5.41, 5.74) is 2.79. The highest BCUT2D eigenvalue weighted by Crippen LogP contribution is 2.28. The maximum absolute atomic E-state index is 10.5. The molecule has 1 unspecified atom stereocenters. The Morgan fingerprint density at radius 1 is 1.30 bits per heavy atom. The Morgan fingerprint density at radius 3 is 2.80 bits per heavy atom. The Morgan fingerprint density at radius 2 is 2.10 bits per heavy atom. The van der Waals surface area contributed by atoms with Crippen molar-refractivity contribution >= 4 is 15.9 Å². The van der Waals surface area contributed by atoms with Gasteiger partial charge in [-0.2, -0.15) is 0 Å². The number of aryl methyl sites for hydroxylation is 1. The fourth-order valence-electron chi connectivity index (χ4n) is 2.26. The number of aromatic nitrogens is 1. The largest absolute Gasteiger partial charge is 0.496 e. The molecule has 0 fully saturated rings. The van der Waals surface area contributed by atoms with E-state index in [0.717, 1.165) is 33.5 Å². The van der Waals surface area contributed by atoms with Crippen molar-refractivity contribution in [3.63, 3.8) is 0 Å². The quantitative estimate of drug-likeness (QED) is 0.905. The third-order valence-corrected chi connectivity index (χ3v) is 3.77. The Bertz CT molecular complexity index is 586. The molecule has 1 aromatic heterocycles. The molecule has 0 aliphatic rings. The van der Waals surface area contributed by atoms with Gasteiger partial charge in [0, 0.05) is 17.1 Å². The molecule has 0 aliphatic carbocycles. The van der Waals surface area contributed by atoms with E-state index in [2.05, 4.69) is 27.8 Å². The van der Waals surface area contributed by atoms with Gasteiger partial charge in [0.1, 0.15) is 11.9 Å². The highest BCUT2D eigenvalue weighted by molar-refractivity contribution is 9.10. The highest BCUT2D eigenvalue weighted by atomic mass is 79.9. The van der Waals surface area contributed by atoms with Crippen LogP contribution in [0.2, 0.25) is 0 Å². The van der Waals surface area contributed by atoms with Crippen LogP contribution in [0.5, 0.6) is 5.75 Å². The van der Waals surface area contributed by atoms with Crippen LogP contribution in [0, 0.1) is 0 Å². The van der Waals surface area contributed by atoms with Crippen molar-refractivity contribution in [2.24, 2.45) is 0 Å². The first-order valence-electron chi connectivity index (χ1n) is 6.60. The first-order chi connectivity index (χ1) is 9.65. The van der Waals surface area contributed by atoms with Gasteiger partial charge in [0.25, 0.3) is 0 Å². The summed E-state index contributed by atoms with van der Waals surface area (Å²) < 4.78 is 6.31. The van der Waals surface area contributed by atoms with Gasteiger partial charge in [-0.3, -0.25) is 4.98 Å². The number of pyridine rings is 1. The average Bonchev–Trinajstić information content (AvgIpc) is 2.47. The van der Waals surface area contributed by atoms with Gasteiger partial charge >= 0.3 is 0 Å². The predicted octanol–water partition coefficient (Wildman–Crippen LogP) is 3.69. The lowest BCUT2D eigenvalue weighted by atomic mass is 10.00. The van der Waals surface area contributed by atoms with Crippen LogP contribution in [0.4, 0.5) is 0 Å². The molecule has 0 saturated heterocycles. The topological polar surface area (TPSA) is 42.4 Å². The monoisotopic (exact) mass is 335 g/mol. The molecule has 1 aromatic carbocycles. The lowest BCUT2D eigenvalue weighted by molar-refractivity contribution is 0.171. The summed E-state index contributed by atoms with van der Waals surface area (Å²) in [4.78, 5) is 4.32. The van der Waals surface area contributed by atoms with Gasteiger partial charge in [0.2, 0.25) is 0 Å². The fourth-order valence-corrected chi connectivity index (χ4v) is 2.67. The van der Waals surface area contributed by atoms with Gasteiger partial charge in [-0.15, -0.1) is 0 Å². The van der Waals surface area contributed by atoms with E-state index in [0.29, 0.717) is 6.42 Å². The third kappa shape index (κ3) is 3.38. The number of methoxy groups -OCH3 is 1. The van der Waals surface area contributed by atoms with Crippen LogP contribution in [0.25, 0.3) is 0 Å². The molecule has 0 aliphatic heterocycles. The average molecular weight is 336 g/mol. The van der Waals surface area contributed by atoms with E-state index in [1.807, 2.05) is 30.3 Å². The smallest absolute Gasteiger partial charge is 0.122 e. The minimum atomic E-state index is -0.630. The molecule has 0 spiro atoms. The van der Waals surface area contributed by atoms with Crippen molar-refractivity contribution in [3.05, 3.63) is 57.8 Å². The summed E-state index contributed by atoms with van der Waals surface area (Å²) in [6.45, 7) is 2.06. The standard InChI is InChI=1S/C16H18BrNO2/c1-3-11-5-4-8-18-16(11)14(19)10-12-9-13(17)6-7-15(12)20-2/h4-9,14,19H,3,10H2,1-2H3. The normalized spacial score (nSPS) is 12.2. The number of benzene rings is 1. The van der Waals surface area contributed by atoms with E-state index in [4.69, 9.17) is 4.74 Å². The van der Waals surface area contributed by atoms with Crippen molar-refractivity contribution in [1.29, 1.82) is 0 Å². The fraction of sp³-hybridized carbons (Fsp3) is 0.312. The van der Waals surface area contributed by atoms with Crippen LogP contribution in [0.1, 0.15) is 29.8 Å². The second-order valence-corrected chi connectivity index (χ2v) is 5.49. The number of hydrogen-bond donors (Lipinski definition) is 1. The van der Waals surface area contributed by atoms with Crippen LogP contribution >= 0.6 is 15.9 Å². The summed E-state index contributed by atoms with van der Waals surface area (Å²) in [6, 6.07) is 9.69. The summed E-state index contributed by atoms with van der Waals surface area (Å²) >= 11 is 3.45. The third-order valence-electron chi connectivity index (χ3n) is 3.28. The van der Waals surface area contributed by atoms with Gasteiger partial charge in [-0.1, -0.05) is 28.9 Å². The number of halogens is 1. The van der Waals surface area contributed by atoms with E-state index < -0.39 is 6.10 Å². The molecule has 106 valence electrons. The minimum absolute atomic E-state index is 0.479. The SMILES string of the molecule is CCc1cccnc1C(O)Cc1cc(Br)ccc1OC. The van der Waals surface area contributed by atoms with Crippen LogP contribution in [-0.4, -0.2) is 17.2 Å². The lowest BCUT2D eigenvalue weighted by Gasteiger charge is -2.15. The van der Waals surface area contributed by atoms with Crippen LogP contribution in [0.15, 0.2) is 41.0 Å². The number of aliphatic hydroxyl groups excluding tert-OH is 1. The lowest BCUT2D eigenvalue weighted by Crippen LogP contribution is -2.08. The zero-order valence-corrected chi connectivity index (χ0v) is 13.2. The van der Waals surface area contributed by atoms with Crippen LogP contribution < -0.4 is 4.74 Å². The number of rotatable bonds is 5. The van der Waals surface area contributed by atoms with Crippen LogP contribution in [0.3, 0.4) is 0 Å². The van der Waals surface area contributed by atoms with Crippen molar-refractivity contribution in [2.75, 3.05) is 7.11 Å². The van der Waals surface area contributed by atoms with Gasteiger partial charge < -0.3 is 9.84 Å². The molecule has 0 bridgehead atoms. The summed E-state index contributed by atoms with van der Waals surface area (Å²) in [5, 5.41) is 10.5. The van der Waals surface area contributed by atoms with Gasteiger partial charge in [0.05, 0.1) is 12.8 Å². The number of hydrogen-bond acceptors (Lipinski definition) is 3. The first kappa shape index (κ1) is 15.0. The highest BCUT2D eigenvalue weighted by Gasteiger charge is 2.16. The minimum Gasteiger partial charge on any atom is -0.496 e. The van der Waals surface area contributed by atoms with E-state index in [9.17, 15) is 5.11 Å². The van der Waals surface area contributed by atoms with E-state index in [1.54, 1.807) is 13.3 Å². The summed E-state index contributed by atoms with van der Waals surface area (Å²) in [7, 11) is 1.64. The van der Waals surface area contributed by atoms with E-state index >= 15 is 0 Å². The second kappa shape index (κ2) is 6.86. The number of ether oxygens (including phenoxy) is 1. The Labute approximate surface area is 127 Å². The van der Waals surface area contributed by atoms with Gasteiger partial charge in [-0.25, -0.2) is 0 Å². The second-order valence-electron chi connectivity index (χ2n) is 4.58. The molecule has 0 saturated carbocycles. The molecule has 2 rings (SSSR count). The molecule has 4 heteroatoms. The van der Waals surface area contributed by atoms with Crippen molar-refractivity contribution in [2.45, 2.75) is 25.9 Å². The molecule has 2 aromatic rings. The molecule has 0 radical (unpaired) electrons. The molecule has 1 heterocycles. The van der Waals surface area contributed by atoms with Crippen LogP contribution in [-0.2, 0) is 12.8 Å². The maximum atomic E-state index is 10.5. The Balaban J connectivity index is 2.27. The zero-order chi connectivity index (χ0) is 14.5. The first-order valence-corrected chi connectivity index (χ1v) is 7.39. The van der Waals surface area contributed by atoms with E-state index in [1.165, 1.54) is 0 Å². The summed E-state index contributed by atoms with van der Waals surface area (Å²) in [5.74, 6) is 0.779. The number of aliphatic hydroxyl groups is 1. The molecule has 20 heavy (non-hydrogen) atoms. The maximum Gasteiger partial charge on any atom is 0.122 e. The van der Waals surface area contributed by atoms with Crippen molar-refractivity contribution < 1.29 is 9.84 Å². The number of nitrogens with zero attached hydrogens (tertiary/aromatic N) is 1. The predicted molar refractivity (Wildman–Crippen MR) is 83.0 cm³/mol. The zero-order valence-electron chi connectivity index (χ0n) is 11.6. The van der Waals surface area contributed by atoms with Crippen molar-refractivity contribution in [3.8, 4) is 5.75 Å². The van der Waals surface area contributed by atoms with Crippen molar-refractivity contribution in [1.82, 2.24) is 4.98 Å². The molecule has 1 N–H and O–H groups in total. The molecule has 3 nitrogen and oxygen atoms in total. The van der Waals surface area contributed by atoms with Gasteiger partial charge in [-0.05, 0) is 41.8 Å². The Kier molecular flexibility index (Phi) is 5.15. The summed E-state index contributed by atoms with van der Waals surface area (Å²) in [6.07, 6.45) is 2.42. The molecular weight excluding hydrogens is 318 g/mol. The molecular formula is C16H18BrNO2. The Hall–Kier alpha value is -1.39. The molecule has 0 amide bonds. The molecule has 1 atom stereocenters.